The summed E-state index contributed by atoms with van der Waals surface area (Å²) in [5, 5.41) is 7.04. The normalized spacial score (nSPS) is 11.1. The lowest BCUT2D eigenvalue weighted by Gasteiger charge is -2.11. The molecule has 5 nitrogen and oxygen atoms in total. The van der Waals surface area contributed by atoms with Crippen molar-refractivity contribution in [2.24, 2.45) is 0 Å². The van der Waals surface area contributed by atoms with Crippen molar-refractivity contribution in [1.82, 2.24) is 15.5 Å². The maximum Gasteiger partial charge on any atom is 0.264 e. The monoisotopic (exact) mass is 339 g/mol. The molecule has 0 aliphatic carbocycles. The summed E-state index contributed by atoms with van der Waals surface area (Å²) in [4.78, 5) is 4.30. The van der Waals surface area contributed by atoms with Crippen LogP contribution in [0.15, 0.2) is 27.2 Å². The Bertz CT molecular complexity index is 569. The van der Waals surface area contributed by atoms with Gasteiger partial charge < -0.3 is 14.6 Å². The van der Waals surface area contributed by atoms with E-state index in [0.29, 0.717) is 11.7 Å². The van der Waals surface area contributed by atoms with Gasteiger partial charge in [-0.2, -0.15) is 4.98 Å². The molecule has 2 rings (SSSR count). The third-order valence-corrected chi connectivity index (χ3v) is 3.38. The van der Waals surface area contributed by atoms with Crippen LogP contribution < -0.4 is 10.1 Å². The molecule has 0 unspecified atom stereocenters. The van der Waals surface area contributed by atoms with E-state index in [2.05, 4.69) is 31.4 Å². The molecule has 0 saturated carbocycles. The lowest BCUT2D eigenvalue weighted by Crippen LogP contribution is -2.08. The summed E-state index contributed by atoms with van der Waals surface area (Å²) in [6.45, 7) is 5.04. The smallest absolute Gasteiger partial charge is 0.264 e. The molecule has 0 spiro atoms. The van der Waals surface area contributed by atoms with Gasteiger partial charge in [0, 0.05) is 18.0 Å². The van der Waals surface area contributed by atoms with Gasteiger partial charge in [0.1, 0.15) is 5.75 Å². The molecule has 0 saturated heterocycles. The molecule has 20 heavy (non-hydrogen) atoms. The van der Waals surface area contributed by atoms with Crippen molar-refractivity contribution in [3.8, 4) is 5.75 Å². The summed E-state index contributed by atoms with van der Waals surface area (Å²) in [7, 11) is 1.90. The number of nitrogens with one attached hydrogen (secondary N) is 1. The van der Waals surface area contributed by atoms with Crippen LogP contribution in [0.5, 0.6) is 5.75 Å². The van der Waals surface area contributed by atoms with Crippen molar-refractivity contribution in [3.05, 3.63) is 40.0 Å². The quantitative estimate of drug-likeness (QED) is 0.875. The SMILES string of the molecule is CNCc1cccc(Br)c1OCc1nc(C(C)C)no1. The van der Waals surface area contributed by atoms with Crippen molar-refractivity contribution >= 4 is 15.9 Å². The van der Waals surface area contributed by atoms with E-state index >= 15 is 0 Å². The van der Waals surface area contributed by atoms with Gasteiger partial charge >= 0.3 is 0 Å². The molecule has 1 heterocycles. The van der Waals surface area contributed by atoms with Gasteiger partial charge in [0.2, 0.25) is 0 Å². The van der Waals surface area contributed by atoms with Gasteiger partial charge in [-0.15, -0.1) is 0 Å². The summed E-state index contributed by atoms with van der Waals surface area (Å²) in [5.74, 6) is 2.23. The second kappa shape index (κ2) is 6.85. The number of hydrogen-bond acceptors (Lipinski definition) is 5. The minimum Gasteiger partial charge on any atom is -0.482 e. The number of benzene rings is 1. The van der Waals surface area contributed by atoms with E-state index in [1.807, 2.05) is 39.1 Å². The molecule has 0 bridgehead atoms. The Hall–Kier alpha value is -1.40. The Labute approximate surface area is 126 Å². The summed E-state index contributed by atoms with van der Waals surface area (Å²) >= 11 is 3.50. The van der Waals surface area contributed by atoms with Crippen LogP contribution in [0.25, 0.3) is 0 Å². The molecule has 6 heteroatoms. The summed E-state index contributed by atoms with van der Waals surface area (Å²) in [5.41, 5.74) is 1.07. The van der Waals surface area contributed by atoms with Crippen LogP contribution in [0.4, 0.5) is 0 Å². The average Bonchev–Trinajstić information content (AvgIpc) is 2.87. The summed E-state index contributed by atoms with van der Waals surface area (Å²) in [6.07, 6.45) is 0. The second-order valence-electron chi connectivity index (χ2n) is 4.75. The number of nitrogens with zero attached hydrogens (tertiary/aromatic N) is 2. The highest BCUT2D eigenvalue weighted by Crippen LogP contribution is 2.29. The third kappa shape index (κ3) is 3.58. The number of ether oxygens (including phenoxy) is 1. The molecule has 0 aliphatic heterocycles. The highest BCUT2D eigenvalue weighted by atomic mass is 79.9. The van der Waals surface area contributed by atoms with E-state index in [4.69, 9.17) is 9.26 Å². The van der Waals surface area contributed by atoms with Crippen LogP contribution in [-0.4, -0.2) is 17.2 Å². The minimum absolute atomic E-state index is 0.246. The Morgan fingerprint density at radius 3 is 2.85 bits per heavy atom. The predicted octanol–water partition coefficient (Wildman–Crippen LogP) is 3.25. The molecule has 0 amide bonds. The molecule has 0 radical (unpaired) electrons. The first-order chi connectivity index (χ1) is 9.61. The fourth-order valence-electron chi connectivity index (χ4n) is 1.74. The zero-order valence-corrected chi connectivity index (χ0v) is 13.4. The minimum atomic E-state index is 0.246. The molecule has 1 aromatic carbocycles. The number of hydrogen-bond donors (Lipinski definition) is 1. The fraction of sp³-hybridized carbons (Fsp3) is 0.429. The van der Waals surface area contributed by atoms with Crippen LogP contribution in [-0.2, 0) is 13.2 Å². The molecule has 0 fully saturated rings. The first kappa shape index (κ1) is 15.0. The van der Waals surface area contributed by atoms with E-state index in [9.17, 15) is 0 Å². The van der Waals surface area contributed by atoms with Crippen LogP contribution >= 0.6 is 15.9 Å². The lowest BCUT2D eigenvalue weighted by molar-refractivity contribution is 0.239. The number of rotatable bonds is 6. The van der Waals surface area contributed by atoms with Gasteiger partial charge in [0.05, 0.1) is 4.47 Å². The van der Waals surface area contributed by atoms with Crippen molar-refractivity contribution in [1.29, 1.82) is 0 Å². The molecular formula is C14H18BrN3O2. The average molecular weight is 340 g/mol. The van der Waals surface area contributed by atoms with Gasteiger partial charge in [-0.3, -0.25) is 0 Å². The van der Waals surface area contributed by atoms with Gasteiger partial charge in [-0.05, 0) is 29.0 Å². The largest absolute Gasteiger partial charge is 0.482 e. The Morgan fingerprint density at radius 1 is 1.40 bits per heavy atom. The molecule has 2 aromatic rings. The molecule has 108 valence electrons. The van der Waals surface area contributed by atoms with Crippen LogP contribution in [0, 0.1) is 0 Å². The first-order valence-electron chi connectivity index (χ1n) is 6.49. The molecule has 0 aliphatic rings. The lowest BCUT2D eigenvalue weighted by atomic mass is 10.2. The van der Waals surface area contributed by atoms with Crippen molar-refractivity contribution in [2.75, 3.05) is 7.05 Å². The fourth-order valence-corrected chi connectivity index (χ4v) is 2.26. The van der Waals surface area contributed by atoms with Crippen LogP contribution in [0.1, 0.15) is 37.0 Å². The predicted molar refractivity (Wildman–Crippen MR) is 79.6 cm³/mol. The molecular weight excluding hydrogens is 322 g/mol. The molecule has 1 aromatic heterocycles. The van der Waals surface area contributed by atoms with Gasteiger partial charge in [0.15, 0.2) is 12.4 Å². The Kier molecular flexibility index (Phi) is 5.14. The van der Waals surface area contributed by atoms with Crippen molar-refractivity contribution < 1.29 is 9.26 Å². The Balaban J connectivity index is 2.09. The third-order valence-electron chi connectivity index (χ3n) is 2.76. The molecule has 0 atom stereocenters. The zero-order valence-electron chi connectivity index (χ0n) is 11.8. The highest BCUT2D eigenvalue weighted by molar-refractivity contribution is 9.10. The number of halogens is 1. The summed E-state index contributed by atoms with van der Waals surface area (Å²) < 4.78 is 11.9. The first-order valence-corrected chi connectivity index (χ1v) is 7.28. The van der Waals surface area contributed by atoms with E-state index in [-0.39, 0.29) is 12.5 Å². The number of aromatic nitrogens is 2. The second-order valence-corrected chi connectivity index (χ2v) is 5.60. The Morgan fingerprint density at radius 2 is 2.20 bits per heavy atom. The summed E-state index contributed by atoms with van der Waals surface area (Å²) in [6, 6.07) is 5.94. The standard InChI is InChI=1S/C14H18BrN3O2/c1-9(2)14-17-12(20-18-14)8-19-13-10(7-16-3)5-4-6-11(13)15/h4-6,9,16H,7-8H2,1-3H3. The van der Waals surface area contributed by atoms with Crippen LogP contribution in [0.3, 0.4) is 0 Å². The van der Waals surface area contributed by atoms with Gasteiger partial charge in [0.25, 0.3) is 5.89 Å². The zero-order chi connectivity index (χ0) is 14.5. The van der Waals surface area contributed by atoms with Crippen LogP contribution in [0.2, 0.25) is 0 Å². The van der Waals surface area contributed by atoms with Crippen molar-refractivity contribution in [2.45, 2.75) is 32.9 Å². The van der Waals surface area contributed by atoms with Crippen molar-refractivity contribution in [3.63, 3.8) is 0 Å². The van der Waals surface area contributed by atoms with E-state index in [1.54, 1.807) is 0 Å². The van der Waals surface area contributed by atoms with E-state index < -0.39 is 0 Å². The van der Waals surface area contributed by atoms with E-state index in [0.717, 1.165) is 22.3 Å². The van der Waals surface area contributed by atoms with Gasteiger partial charge in [-0.1, -0.05) is 31.1 Å². The number of para-hydroxylation sites is 1. The topological polar surface area (TPSA) is 60.2 Å². The molecule has 1 N–H and O–H groups in total. The van der Waals surface area contributed by atoms with Gasteiger partial charge in [-0.25, -0.2) is 0 Å². The maximum absolute atomic E-state index is 5.82. The maximum atomic E-state index is 5.82. The highest BCUT2D eigenvalue weighted by Gasteiger charge is 2.12. The van der Waals surface area contributed by atoms with E-state index in [1.165, 1.54) is 0 Å².